The van der Waals surface area contributed by atoms with E-state index in [4.69, 9.17) is 4.74 Å². The third-order valence-electron chi connectivity index (χ3n) is 4.54. The van der Waals surface area contributed by atoms with Gasteiger partial charge >= 0.3 is 0 Å². The van der Waals surface area contributed by atoms with Crippen molar-refractivity contribution in [3.05, 3.63) is 35.9 Å². The Kier molecular flexibility index (Phi) is 5.41. The molecule has 0 aromatic heterocycles. The zero-order valence-electron chi connectivity index (χ0n) is 12.4. The van der Waals surface area contributed by atoms with Gasteiger partial charge in [-0.05, 0) is 44.3 Å². The summed E-state index contributed by atoms with van der Waals surface area (Å²) >= 11 is 0. The lowest BCUT2D eigenvalue weighted by Crippen LogP contribution is -2.37. The second-order valence-electron chi connectivity index (χ2n) is 5.57. The number of likely N-dealkylation sites (tertiary alicyclic amines) is 1. The summed E-state index contributed by atoms with van der Waals surface area (Å²) in [6.07, 6.45) is 6.23. The fourth-order valence-corrected chi connectivity index (χ4v) is 3.15. The van der Waals surface area contributed by atoms with Crippen molar-refractivity contribution < 1.29 is 4.74 Å². The van der Waals surface area contributed by atoms with Gasteiger partial charge in [-0.1, -0.05) is 43.7 Å². The number of hydrogen-bond acceptors (Lipinski definition) is 2. The van der Waals surface area contributed by atoms with Crippen LogP contribution in [0.25, 0.3) is 0 Å². The zero-order chi connectivity index (χ0) is 13.6. The third-order valence-corrected chi connectivity index (χ3v) is 4.54. The van der Waals surface area contributed by atoms with E-state index in [1.54, 1.807) is 0 Å². The predicted octanol–water partition coefficient (Wildman–Crippen LogP) is 3.81. The van der Waals surface area contributed by atoms with Crippen molar-refractivity contribution in [1.82, 2.24) is 4.90 Å². The average Bonchev–Trinajstić information content (AvgIpc) is 2.51. The minimum absolute atomic E-state index is 0.112. The first kappa shape index (κ1) is 14.5. The van der Waals surface area contributed by atoms with Crippen molar-refractivity contribution >= 4 is 0 Å². The first-order valence-electron chi connectivity index (χ1n) is 7.64. The number of piperidine rings is 1. The zero-order valence-corrected chi connectivity index (χ0v) is 12.4. The highest BCUT2D eigenvalue weighted by molar-refractivity contribution is 5.22. The second kappa shape index (κ2) is 7.06. The summed E-state index contributed by atoms with van der Waals surface area (Å²) in [5.74, 6) is 0. The van der Waals surface area contributed by atoms with E-state index in [0.29, 0.717) is 0 Å². The molecule has 0 spiro atoms. The SMILES string of the molecule is CCC(CCN1CCCCC1)(OC)c1ccccc1. The number of rotatable bonds is 6. The topological polar surface area (TPSA) is 12.5 Å². The van der Waals surface area contributed by atoms with Crippen molar-refractivity contribution in [2.45, 2.75) is 44.6 Å². The van der Waals surface area contributed by atoms with Crippen molar-refractivity contribution in [1.29, 1.82) is 0 Å². The lowest BCUT2D eigenvalue weighted by atomic mass is 9.87. The van der Waals surface area contributed by atoms with E-state index in [0.717, 1.165) is 19.4 Å². The summed E-state index contributed by atoms with van der Waals surface area (Å²) < 4.78 is 5.94. The normalized spacial score (nSPS) is 20.1. The van der Waals surface area contributed by atoms with Gasteiger partial charge in [0.1, 0.15) is 0 Å². The lowest BCUT2D eigenvalue weighted by Gasteiger charge is -2.35. The van der Waals surface area contributed by atoms with Gasteiger partial charge in [0.05, 0.1) is 5.60 Å². The largest absolute Gasteiger partial charge is 0.373 e. The van der Waals surface area contributed by atoms with Crippen LogP contribution in [-0.4, -0.2) is 31.6 Å². The molecule has 0 bridgehead atoms. The first-order chi connectivity index (χ1) is 9.30. The van der Waals surface area contributed by atoms with Crippen LogP contribution in [0.1, 0.15) is 44.6 Å². The van der Waals surface area contributed by atoms with E-state index in [2.05, 4.69) is 42.2 Å². The van der Waals surface area contributed by atoms with Gasteiger partial charge in [-0.25, -0.2) is 0 Å². The average molecular weight is 261 g/mol. The van der Waals surface area contributed by atoms with Crippen LogP contribution in [0.2, 0.25) is 0 Å². The summed E-state index contributed by atoms with van der Waals surface area (Å²) in [7, 11) is 1.85. The Hall–Kier alpha value is -0.860. The fourth-order valence-electron chi connectivity index (χ4n) is 3.15. The highest BCUT2D eigenvalue weighted by Crippen LogP contribution is 2.32. The predicted molar refractivity (Wildman–Crippen MR) is 80.3 cm³/mol. The Morgan fingerprint density at radius 2 is 1.79 bits per heavy atom. The molecule has 2 heteroatoms. The summed E-state index contributed by atoms with van der Waals surface area (Å²) in [6.45, 7) is 5.90. The van der Waals surface area contributed by atoms with Crippen LogP contribution in [0, 0.1) is 0 Å². The van der Waals surface area contributed by atoms with E-state index in [1.165, 1.54) is 37.9 Å². The van der Waals surface area contributed by atoms with Gasteiger partial charge in [-0.15, -0.1) is 0 Å². The molecule has 2 rings (SSSR count). The summed E-state index contributed by atoms with van der Waals surface area (Å²) in [4.78, 5) is 2.59. The molecule has 0 aliphatic carbocycles. The Morgan fingerprint density at radius 3 is 2.37 bits per heavy atom. The number of benzene rings is 1. The monoisotopic (exact) mass is 261 g/mol. The number of ether oxygens (including phenoxy) is 1. The molecule has 1 aromatic rings. The van der Waals surface area contributed by atoms with Gasteiger partial charge in [0.25, 0.3) is 0 Å². The van der Waals surface area contributed by atoms with Crippen LogP contribution in [0.3, 0.4) is 0 Å². The molecule has 1 aliphatic rings. The molecule has 106 valence electrons. The van der Waals surface area contributed by atoms with Crippen LogP contribution >= 0.6 is 0 Å². The first-order valence-corrected chi connectivity index (χ1v) is 7.64. The minimum atomic E-state index is -0.112. The molecule has 1 saturated heterocycles. The molecule has 1 aliphatic heterocycles. The molecule has 1 aromatic carbocycles. The fraction of sp³-hybridized carbons (Fsp3) is 0.647. The molecular formula is C17H27NO. The van der Waals surface area contributed by atoms with Gasteiger partial charge in [0.15, 0.2) is 0 Å². The van der Waals surface area contributed by atoms with Crippen LogP contribution in [0.5, 0.6) is 0 Å². The summed E-state index contributed by atoms with van der Waals surface area (Å²) in [5, 5.41) is 0. The van der Waals surface area contributed by atoms with Gasteiger partial charge in [0, 0.05) is 13.7 Å². The minimum Gasteiger partial charge on any atom is -0.373 e. The molecule has 0 amide bonds. The van der Waals surface area contributed by atoms with E-state index in [-0.39, 0.29) is 5.60 Å². The van der Waals surface area contributed by atoms with Crippen LogP contribution < -0.4 is 0 Å². The maximum Gasteiger partial charge on any atom is 0.0937 e. The Morgan fingerprint density at radius 1 is 1.11 bits per heavy atom. The maximum atomic E-state index is 5.94. The molecule has 0 radical (unpaired) electrons. The van der Waals surface area contributed by atoms with E-state index in [9.17, 15) is 0 Å². The molecular weight excluding hydrogens is 234 g/mol. The van der Waals surface area contributed by atoms with E-state index >= 15 is 0 Å². The van der Waals surface area contributed by atoms with E-state index in [1.807, 2.05) is 7.11 Å². The quantitative estimate of drug-likeness (QED) is 0.772. The van der Waals surface area contributed by atoms with Crippen LogP contribution in [0.15, 0.2) is 30.3 Å². The number of hydrogen-bond donors (Lipinski definition) is 0. The summed E-state index contributed by atoms with van der Waals surface area (Å²) in [6, 6.07) is 10.7. The second-order valence-corrected chi connectivity index (χ2v) is 5.57. The molecule has 1 atom stereocenters. The van der Waals surface area contributed by atoms with E-state index < -0.39 is 0 Å². The van der Waals surface area contributed by atoms with Crippen molar-refractivity contribution in [2.24, 2.45) is 0 Å². The number of methoxy groups -OCH3 is 1. The van der Waals surface area contributed by atoms with Crippen molar-refractivity contribution in [2.75, 3.05) is 26.7 Å². The van der Waals surface area contributed by atoms with Gasteiger partial charge < -0.3 is 9.64 Å². The number of nitrogens with zero attached hydrogens (tertiary/aromatic N) is 1. The molecule has 1 unspecified atom stereocenters. The molecule has 2 nitrogen and oxygen atoms in total. The highest BCUT2D eigenvalue weighted by Gasteiger charge is 2.30. The molecule has 0 N–H and O–H groups in total. The molecule has 0 saturated carbocycles. The Balaban J connectivity index is 2.02. The standard InChI is InChI=1S/C17H27NO/c1-3-17(19-2,16-10-6-4-7-11-16)12-15-18-13-8-5-9-14-18/h4,6-7,10-11H,3,5,8-9,12-15H2,1-2H3. The van der Waals surface area contributed by atoms with Crippen molar-refractivity contribution in [3.8, 4) is 0 Å². The van der Waals surface area contributed by atoms with Gasteiger partial charge in [-0.2, -0.15) is 0 Å². The molecule has 1 fully saturated rings. The maximum absolute atomic E-state index is 5.94. The highest BCUT2D eigenvalue weighted by atomic mass is 16.5. The van der Waals surface area contributed by atoms with Gasteiger partial charge in [-0.3, -0.25) is 0 Å². The van der Waals surface area contributed by atoms with Gasteiger partial charge in [0.2, 0.25) is 0 Å². The van der Waals surface area contributed by atoms with Crippen LogP contribution in [-0.2, 0) is 10.3 Å². The summed E-state index contributed by atoms with van der Waals surface area (Å²) in [5.41, 5.74) is 1.20. The lowest BCUT2D eigenvalue weighted by molar-refractivity contribution is -0.0331. The molecule has 19 heavy (non-hydrogen) atoms. The Labute approximate surface area is 117 Å². The molecule has 1 heterocycles. The Bertz CT molecular complexity index is 353. The van der Waals surface area contributed by atoms with Crippen molar-refractivity contribution in [3.63, 3.8) is 0 Å². The third kappa shape index (κ3) is 3.58. The van der Waals surface area contributed by atoms with Crippen LogP contribution in [0.4, 0.5) is 0 Å². The smallest absolute Gasteiger partial charge is 0.0937 e.